The summed E-state index contributed by atoms with van der Waals surface area (Å²) in [7, 11) is 0. The van der Waals surface area contributed by atoms with Crippen LogP contribution in [0.1, 0.15) is 43.7 Å². The predicted molar refractivity (Wildman–Crippen MR) is 118 cm³/mol. The highest BCUT2D eigenvalue weighted by atomic mass is 19.1. The van der Waals surface area contributed by atoms with Crippen LogP contribution in [0.4, 0.5) is 16.2 Å². The van der Waals surface area contributed by atoms with Gasteiger partial charge in [-0.25, -0.2) is 15.0 Å². The molecule has 1 fully saturated rings. The van der Waals surface area contributed by atoms with E-state index >= 15 is 0 Å². The molecule has 1 saturated carbocycles. The van der Waals surface area contributed by atoms with E-state index in [4.69, 9.17) is 0 Å². The van der Waals surface area contributed by atoms with E-state index in [1.54, 1.807) is 0 Å². The Morgan fingerprint density at radius 2 is 1.91 bits per heavy atom. The zero-order valence-electron chi connectivity index (χ0n) is 17.7. The Kier molecular flexibility index (Phi) is 6.23. The number of benzene rings is 1. The molecule has 32 heavy (non-hydrogen) atoms. The van der Waals surface area contributed by atoms with Crippen molar-refractivity contribution in [1.82, 2.24) is 19.9 Å². The van der Waals surface area contributed by atoms with E-state index in [1.807, 2.05) is 37.3 Å². The highest BCUT2D eigenvalue weighted by molar-refractivity contribution is 5.63. The quantitative estimate of drug-likeness (QED) is 0.504. The molecule has 2 heterocycles. The molecule has 0 bridgehead atoms. The molecule has 1 aromatic carbocycles. The average molecular weight is 433 g/mol. The summed E-state index contributed by atoms with van der Waals surface area (Å²) in [6, 6.07) is 11.5. The summed E-state index contributed by atoms with van der Waals surface area (Å²) in [6.07, 6.45) is 5.07. The lowest BCUT2D eigenvalue weighted by molar-refractivity contribution is 0.0196. The first-order valence-corrected chi connectivity index (χ1v) is 10.5. The van der Waals surface area contributed by atoms with E-state index in [0.29, 0.717) is 41.4 Å². The lowest BCUT2D eigenvalue weighted by atomic mass is 9.83. The van der Waals surface area contributed by atoms with Crippen molar-refractivity contribution in [2.24, 2.45) is 0 Å². The molecule has 0 atom stereocenters. The minimum atomic E-state index is -0.792. The number of hydrogen-bond donors (Lipinski definition) is 3. The van der Waals surface area contributed by atoms with Gasteiger partial charge >= 0.3 is 6.08 Å². The van der Waals surface area contributed by atoms with Crippen LogP contribution >= 0.6 is 0 Å². The fourth-order valence-corrected chi connectivity index (χ4v) is 3.77. The van der Waals surface area contributed by atoms with Crippen LogP contribution in [0.15, 0.2) is 42.7 Å². The molecule has 0 aliphatic heterocycles. The molecule has 0 amide bonds. The Hall–Kier alpha value is -3.64. The molecule has 3 aromatic rings. The fraction of sp³-hybridized carbons (Fsp3) is 0.348. The lowest BCUT2D eigenvalue weighted by Gasteiger charge is -2.33. The van der Waals surface area contributed by atoms with Crippen LogP contribution in [0.3, 0.4) is 0 Å². The van der Waals surface area contributed by atoms with Gasteiger partial charge in [-0.1, -0.05) is 30.3 Å². The maximum absolute atomic E-state index is 13.7. The van der Waals surface area contributed by atoms with Crippen molar-refractivity contribution in [2.75, 3.05) is 10.6 Å². The van der Waals surface area contributed by atoms with Gasteiger partial charge in [0.1, 0.15) is 17.5 Å². The molecule has 1 aliphatic carbocycles. The number of hydrogen-bond acceptors (Lipinski definition) is 8. The van der Waals surface area contributed by atoms with Gasteiger partial charge in [0.15, 0.2) is 0 Å². The van der Waals surface area contributed by atoms with Gasteiger partial charge in [0.2, 0.25) is 5.95 Å². The number of halogens is 1. The molecule has 164 valence electrons. The summed E-state index contributed by atoms with van der Waals surface area (Å²) in [4.78, 5) is 16.3. The number of nitrogens with zero attached hydrogens (tertiary/aromatic N) is 5. The topological polar surface area (TPSA) is 120 Å². The van der Waals surface area contributed by atoms with Crippen LogP contribution in [-0.4, -0.2) is 36.7 Å². The van der Waals surface area contributed by atoms with Crippen molar-refractivity contribution in [2.45, 2.75) is 50.8 Å². The number of nitriles is 1. The van der Waals surface area contributed by atoms with Crippen molar-refractivity contribution in [3.63, 3.8) is 0 Å². The van der Waals surface area contributed by atoms with Gasteiger partial charge in [-0.15, -0.1) is 0 Å². The van der Waals surface area contributed by atoms with E-state index in [0.717, 1.165) is 18.4 Å². The van der Waals surface area contributed by atoms with Crippen LogP contribution in [0.5, 0.6) is 0 Å². The third-order valence-electron chi connectivity index (χ3n) is 5.63. The summed E-state index contributed by atoms with van der Waals surface area (Å²) in [5.74, 6) is 0.785. The molecule has 0 unspecified atom stereocenters. The van der Waals surface area contributed by atoms with Crippen LogP contribution < -0.4 is 10.6 Å². The van der Waals surface area contributed by atoms with E-state index in [2.05, 4.69) is 36.6 Å². The van der Waals surface area contributed by atoms with Crippen LogP contribution in [0.2, 0.25) is 0 Å². The average Bonchev–Trinajstić information content (AvgIpc) is 2.80. The van der Waals surface area contributed by atoms with Gasteiger partial charge in [0.25, 0.3) is 0 Å². The van der Waals surface area contributed by atoms with Crippen molar-refractivity contribution in [3.8, 4) is 17.3 Å². The summed E-state index contributed by atoms with van der Waals surface area (Å²) >= 11 is 0. The Morgan fingerprint density at radius 3 is 2.62 bits per heavy atom. The molecule has 3 N–H and O–H groups in total. The van der Waals surface area contributed by atoms with Gasteiger partial charge in [0.05, 0.1) is 17.5 Å². The Bertz CT molecular complexity index is 1120. The number of anilines is 2. The van der Waals surface area contributed by atoms with Crippen LogP contribution in [-0.2, 0) is 6.54 Å². The van der Waals surface area contributed by atoms with E-state index < -0.39 is 11.7 Å². The van der Waals surface area contributed by atoms with Gasteiger partial charge in [-0.2, -0.15) is 14.6 Å². The molecule has 0 spiro atoms. The number of aromatic nitrogens is 4. The maximum atomic E-state index is 13.7. The van der Waals surface area contributed by atoms with Crippen LogP contribution in [0.25, 0.3) is 11.3 Å². The zero-order valence-corrected chi connectivity index (χ0v) is 17.7. The summed E-state index contributed by atoms with van der Waals surface area (Å²) in [5, 5.41) is 26.0. The third kappa shape index (κ3) is 5.15. The highest BCUT2D eigenvalue weighted by Gasteiger charge is 2.29. The van der Waals surface area contributed by atoms with E-state index in [1.165, 1.54) is 12.4 Å². The smallest absolute Gasteiger partial charge is 0.309 e. The summed E-state index contributed by atoms with van der Waals surface area (Å²) in [5.41, 5.74) is 1.67. The molecule has 1 aliphatic rings. The molecular weight excluding hydrogens is 409 g/mol. The molecule has 0 saturated heterocycles. The SMILES string of the molecule is C[C@]1(O)CC[C@@H](Nc2nc(NCc3cnc(F)nc3-c3ccccc3)ncc2C#N)CC1. The first-order valence-electron chi connectivity index (χ1n) is 10.5. The normalized spacial score (nSPS) is 20.4. The maximum Gasteiger partial charge on any atom is 0.309 e. The standard InChI is InChI=1S/C23H24FN7O/c1-23(32)9-7-18(8-10-23)29-20-16(11-25)12-27-22(31-20)28-14-17-13-26-21(24)30-19(17)15-5-3-2-4-6-15/h2-6,12-13,18,32H,7-10,14H2,1H3,(H2,27,28,29,31)/t18-,23+. The molecule has 4 rings (SSSR count). The van der Waals surface area contributed by atoms with Gasteiger partial charge < -0.3 is 15.7 Å². The number of aliphatic hydroxyl groups is 1. The minimum absolute atomic E-state index is 0.125. The first-order chi connectivity index (χ1) is 15.4. The first kappa shape index (κ1) is 21.6. The molecule has 2 aromatic heterocycles. The fourth-order valence-electron chi connectivity index (χ4n) is 3.77. The molecule has 8 nitrogen and oxygen atoms in total. The predicted octanol–water partition coefficient (Wildman–Crippen LogP) is 3.66. The Balaban J connectivity index is 1.50. The van der Waals surface area contributed by atoms with Gasteiger partial charge in [-0.3, -0.25) is 0 Å². The monoisotopic (exact) mass is 433 g/mol. The lowest BCUT2D eigenvalue weighted by Crippen LogP contribution is -2.36. The molecular formula is C23H24FN7O. The summed E-state index contributed by atoms with van der Waals surface area (Å²) < 4.78 is 13.7. The van der Waals surface area contributed by atoms with Crippen LogP contribution in [0, 0.1) is 17.4 Å². The van der Waals surface area contributed by atoms with E-state index in [9.17, 15) is 14.8 Å². The van der Waals surface area contributed by atoms with Crippen molar-refractivity contribution in [1.29, 1.82) is 5.26 Å². The zero-order chi connectivity index (χ0) is 22.6. The van der Waals surface area contributed by atoms with Crippen molar-refractivity contribution < 1.29 is 9.50 Å². The Labute approximate surface area is 185 Å². The largest absolute Gasteiger partial charge is 0.390 e. The molecule has 0 radical (unpaired) electrons. The molecule has 9 heteroatoms. The number of rotatable bonds is 6. The second-order valence-electron chi connectivity index (χ2n) is 8.22. The second-order valence-corrected chi connectivity index (χ2v) is 8.22. The third-order valence-corrected chi connectivity index (χ3v) is 5.63. The number of nitrogens with one attached hydrogen (secondary N) is 2. The summed E-state index contributed by atoms with van der Waals surface area (Å²) in [6.45, 7) is 2.13. The van der Waals surface area contributed by atoms with E-state index in [-0.39, 0.29) is 12.6 Å². The van der Waals surface area contributed by atoms with Gasteiger partial charge in [-0.05, 0) is 32.6 Å². The van der Waals surface area contributed by atoms with Crippen molar-refractivity contribution >= 4 is 11.8 Å². The highest BCUT2D eigenvalue weighted by Crippen LogP contribution is 2.30. The Morgan fingerprint density at radius 1 is 1.16 bits per heavy atom. The second kappa shape index (κ2) is 9.24. The minimum Gasteiger partial charge on any atom is -0.390 e. The van der Waals surface area contributed by atoms with Gasteiger partial charge in [0, 0.05) is 29.9 Å². The van der Waals surface area contributed by atoms with Crippen molar-refractivity contribution in [3.05, 3.63) is 59.9 Å².